The van der Waals surface area contributed by atoms with E-state index in [9.17, 15) is 9.90 Å². The molecule has 1 aromatic carbocycles. The largest absolute Gasteiger partial charge is 0.506 e. The van der Waals surface area contributed by atoms with Crippen LogP contribution in [0, 0.1) is 0 Å². The Morgan fingerprint density at radius 3 is 2.89 bits per heavy atom. The fraction of sp³-hybridized carbons (Fsp3) is 0.143. The van der Waals surface area contributed by atoms with Gasteiger partial charge in [0, 0.05) is 11.9 Å². The SMILES string of the molecule is CCc1cccc(NC(=O)c2cncc(O)c2)c1. The summed E-state index contributed by atoms with van der Waals surface area (Å²) in [5, 5.41) is 12.0. The molecule has 0 aliphatic carbocycles. The van der Waals surface area contributed by atoms with Crippen molar-refractivity contribution in [1.82, 2.24) is 4.98 Å². The van der Waals surface area contributed by atoms with Crippen LogP contribution < -0.4 is 5.32 Å². The smallest absolute Gasteiger partial charge is 0.257 e. The molecule has 0 aliphatic heterocycles. The maximum Gasteiger partial charge on any atom is 0.257 e. The molecule has 4 heteroatoms. The number of rotatable bonds is 3. The Labute approximate surface area is 105 Å². The summed E-state index contributed by atoms with van der Waals surface area (Å²) < 4.78 is 0. The number of carbonyl (C=O) groups is 1. The van der Waals surface area contributed by atoms with Crippen molar-refractivity contribution < 1.29 is 9.90 Å². The number of hydrogen-bond acceptors (Lipinski definition) is 3. The van der Waals surface area contributed by atoms with E-state index in [1.54, 1.807) is 0 Å². The van der Waals surface area contributed by atoms with E-state index in [0.717, 1.165) is 17.7 Å². The van der Waals surface area contributed by atoms with Crippen LogP contribution in [0.5, 0.6) is 5.75 Å². The van der Waals surface area contributed by atoms with Crippen LogP contribution in [0.15, 0.2) is 42.7 Å². The predicted molar refractivity (Wildman–Crippen MR) is 69.7 cm³/mol. The average molecular weight is 242 g/mol. The number of carbonyl (C=O) groups excluding carboxylic acids is 1. The van der Waals surface area contributed by atoms with Crippen molar-refractivity contribution in [2.45, 2.75) is 13.3 Å². The molecule has 0 atom stereocenters. The normalized spacial score (nSPS) is 10.1. The van der Waals surface area contributed by atoms with Crippen molar-refractivity contribution in [3.63, 3.8) is 0 Å². The molecular weight excluding hydrogens is 228 g/mol. The number of aryl methyl sites for hydroxylation is 1. The number of aromatic nitrogens is 1. The molecule has 92 valence electrons. The lowest BCUT2D eigenvalue weighted by molar-refractivity contribution is 0.102. The van der Waals surface area contributed by atoms with Crippen LogP contribution in [0.1, 0.15) is 22.8 Å². The van der Waals surface area contributed by atoms with Crippen molar-refractivity contribution in [1.29, 1.82) is 0 Å². The topological polar surface area (TPSA) is 62.2 Å². The second-order valence-electron chi connectivity index (χ2n) is 3.94. The van der Waals surface area contributed by atoms with E-state index in [0.29, 0.717) is 5.56 Å². The Morgan fingerprint density at radius 2 is 2.17 bits per heavy atom. The maximum atomic E-state index is 11.9. The van der Waals surface area contributed by atoms with E-state index >= 15 is 0 Å². The predicted octanol–water partition coefficient (Wildman–Crippen LogP) is 2.60. The van der Waals surface area contributed by atoms with Gasteiger partial charge < -0.3 is 10.4 Å². The van der Waals surface area contributed by atoms with Crippen molar-refractivity contribution >= 4 is 11.6 Å². The first-order valence-electron chi connectivity index (χ1n) is 5.73. The second kappa shape index (κ2) is 5.31. The van der Waals surface area contributed by atoms with E-state index in [1.807, 2.05) is 24.3 Å². The Bertz CT molecular complexity index is 567. The lowest BCUT2D eigenvalue weighted by atomic mass is 10.1. The minimum absolute atomic E-state index is 0.0232. The molecule has 1 heterocycles. The Balaban J connectivity index is 2.16. The van der Waals surface area contributed by atoms with E-state index < -0.39 is 0 Å². The number of nitrogens with one attached hydrogen (secondary N) is 1. The fourth-order valence-electron chi connectivity index (χ4n) is 1.62. The van der Waals surface area contributed by atoms with Gasteiger partial charge in [-0.3, -0.25) is 9.78 Å². The summed E-state index contributed by atoms with van der Waals surface area (Å²) in [5.74, 6) is -0.309. The zero-order valence-electron chi connectivity index (χ0n) is 10.1. The summed E-state index contributed by atoms with van der Waals surface area (Å²) in [5.41, 5.74) is 2.22. The molecule has 0 fully saturated rings. The molecule has 0 spiro atoms. The molecule has 0 saturated carbocycles. The number of anilines is 1. The number of amides is 1. The lowest BCUT2D eigenvalue weighted by Crippen LogP contribution is -2.12. The summed E-state index contributed by atoms with van der Waals surface area (Å²) in [6.45, 7) is 2.06. The third-order valence-corrected chi connectivity index (χ3v) is 2.58. The molecule has 0 unspecified atom stereocenters. The van der Waals surface area contributed by atoms with Gasteiger partial charge in [0.1, 0.15) is 5.75 Å². The number of nitrogens with zero attached hydrogens (tertiary/aromatic N) is 1. The third-order valence-electron chi connectivity index (χ3n) is 2.58. The monoisotopic (exact) mass is 242 g/mol. The van der Waals surface area contributed by atoms with Gasteiger partial charge in [-0.25, -0.2) is 0 Å². The third kappa shape index (κ3) is 2.85. The summed E-state index contributed by atoms with van der Waals surface area (Å²) in [6, 6.07) is 9.04. The van der Waals surface area contributed by atoms with Crippen LogP contribution in [-0.4, -0.2) is 16.0 Å². The molecule has 1 aromatic heterocycles. The van der Waals surface area contributed by atoms with E-state index in [-0.39, 0.29) is 11.7 Å². The van der Waals surface area contributed by atoms with Gasteiger partial charge in [0.15, 0.2) is 0 Å². The number of aromatic hydroxyl groups is 1. The lowest BCUT2D eigenvalue weighted by Gasteiger charge is -2.06. The molecule has 1 amide bonds. The summed E-state index contributed by atoms with van der Waals surface area (Å²) in [6.07, 6.45) is 3.62. The summed E-state index contributed by atoms with van der Waals surface area (Å²) in [4.78, 5) is 15.7. The quantitative estimate of drug-likeness (QED) is 0.869. The van der Waals surface area contributed by atoms with Crippen LogP contribution in [0.2, 0.25) is 0 Å². The molecule has 4 nitrogen and oxygen atoms in total. The van der Waals surface area contributed by atoms with Gasteiger partial charge in [-0.2, -0.15) is 0 Å². The van der Waals surface area contributed by atoms with Gasteiger partial charge >= 0.3 is 0 Å². The molecule has 0 bridgehead atoms. The Hall–Kier alpha value is -2.36. The number of hydrogen-bond donors (Lipinski definition) is 2. The minimum atomic E-state index is -0.286. The van der Waals surface area contributed by atoms with Crippen LogP contribution in [0.25, 0.3) is 0 Å². The Kier molecular flexibility index (Phi) is 3.57. The van der Waals surface area contributed by atoms with Gasteiger partial charge in [-0.1, -0.05) is 19.1 Å². The van der Waals surface area contributed by atoms with Crippen LogP contribution in [0.3, 0.4) is 0 Å². The van der Waals surface area contributed by atoms with Gasteiger partial charge in [-0.05, 0) is 30.2 Å². The first-order valence-corrected chi connectivity index (χ1v) is 5.73. The molecular formula is C14H14N2O2. The molecule has 2 aromatic rings. The van der Waals surface area contributed by atoms with Gasteiger partial charge in [0.05, 0.1) is 11.8 Å². The van der Waals surface area contributed by atoms with E-state index in [2.05, 4.69) is 17.2 Å². The van der Waals surface area contributed by atoms with E-state index in [4.69, 9.17) is 0 Å². The highest BCUT2D eigenvalue weighted by molar-refractivity contribution is 6.04. The molecule has 0 radical (unpaired) electrons. The van der Waals surface area contributed by atoms with E-state index in [1.165, 1.54) is 18.5 Å². The number of benzene rings is 1. The van der Waals surface area contributed by atoms with Crippen LogP contribution in [0.4, 0.5) is 5.69 Å². The average Bonchev–Trinajstić information content (AvgIpc) is 2.39. The molecule has 0 saturated heterocycles. The highest BCUT2D eigenvalue weighted by Crippen LogP contribution is 2.14. The van der Waals surface area contributed by atoms with Crippen LogP contribution >= 0.6 is 0 Å². The summed E-state index contributed by atoms with van der Waals surface area (Å²) in [7, 11) is 0. The zero-order chi connectivity index (χ0) is 13.0. The highest BCUT2D eigenvalue weighted by atomic mass is 16.3. The zero-order valence-corrected chi connectivity index (χ0v) is 10.1. The first kappa shape index (κ1) is 12.1. The molecule has 2 rings (SSSR count). The maximum absolute atomic E-state index is 11.9. The molecule has 2 N–H and O–H groups in total. The van der Waals surface area contributed by atoms with Crippen LogP contribution in [-0.2, 0) is 6.42 Å². The standard InChI is InChI=1S/C14H14N2O2/c1-2-10-4-3-5-12(6-10)16-14(18)11-7-13(17)9-15-8-11/h3-9,17H,2H2,1H3,(H,16,18). The molecule has 0 aliphatic rings. The molecule has 18 heavy (non-hydrogen) atoms. The van der Waals surface area contributed by atoms with Gasteiger partial charge in [-0.15, -0.1) is 0 Å². The van der Waals surface area contributed by atoms with Gasteiger partial charge in [0.25, 0.3) is 5.91 Å². The van der Waals surface area contributed by atoms with Crippen molar-refractivity contribution in [2.24, 2.45) is 0 Å². The van der Waals surface area contributed by atoms with Crippen molar-refractivity contribution in [3.05, 3.63) is 53.9 Å². The highest BCUT2D eigenvalue weighted by Gasteiger charge is 2.07. The first-order chi connectivity index (χ1) is 8.69. The summed E-state index contributed by atoms with van der Waals surface area (Å²) >= 11 is 0. The minimum Gasteiger partial charge on any atom is -0.506 e. The Morgan fingerprint density at radius 1 is 1.33 bits per heavy atom. The van der Waals surface area contributed by atoms with Crippen molar-refractivity contribution in [2.75, 3.05) is 5.32 Å². The van der Waals surface area contributed by atoms with Crippen molar-refractivity contribution in [3.8, 4) is 5.75 Å². The van der Waals surface area contributed by atoms with Gasteiger partial charge in [0.2, 0.25) is 0 Å². The number of pyridine rings is 1. The fourth-order valence-corrected chi connectivity index (χ4v) is 1.62. The second-order valence-corrected chi connectivity index (χ2v) is 3.94.